The molecule has 0 aromatic rings. The summed E-state index contributed by atoms with van der Waals surface area (Å²) in [4.78, 5) is 42.1. The predicted molar refractivity (Wildman–Crippen MR) is 123 cm³/mol. The number of rotatable bonds is 6. The van der Waals surface area contributed by atoms with Crippen molar-refractivity contribution in [2.75, 3.05) is 19.7 Å². The fourth-order valence-corrected chi connectivity index (χ4v) is 9.24. The van der Waals surface area contributed by atoms with Crippen molar-refractivity contribution in [3.05, 3.63) is 11.3 Å². The first kappa shape index (κ1) is 21.7. The predicted octanol–water partition coefficient (Wildman–Crippen LogP) is 3.95. The van der Waals surface area contributed by atoms with Crippen LogP contribution in [0.15, 0.2) is 11.3 Å². The number of carbonyl (C=O) groups excluding carboxylic acids is 3. The zero-order valence-corrected chi connectivity index (χ0v) is 20.0. The van der Waals surface area contributed by atoms with Gasteiger partial charge in [0.15, 0.2) is 0 Å². The van der Waals surface area contributed by atoms with Crippen molar-refractivity contribution in [1.29, 1.82) is 0 Å². The van der Waals surface area contributed by atoms with Crippen molar-refractivity contribution in [1.82, 2.24) is 10.2 Å². The molecule has 1 saturated heterocycles. The van der Waals surface area contributed by atoms with Crippen LogP contribution in [-0.2, 0) is 19.1 Å². The van der Waals surface area contributed by atoms with Gasteiger partial charge in [0.25, 0.3) is 0 Å². The Bertz CT molecular complexity index is 869. The summed E-state index contributed by atoms with van der Waals surface area (Å²) in [6, 6.07) is 0. The number of hydrogen-bond acceptors (Lipinski definition) is 4. The maximum atomic E-state index is 13.6. The number of allylic oxidation sites excluding steroid dienone is 1. The van der Waals surface area contributed by atoms with Crippen LogP contribution in [0.4, 0.5) is 0 Å². The van der Waals surface area contributed by atoms with E-state index < -0.39 is 11.3 Å². The van der Waals surface area contributed by atoms with E-state index >= 15 is 0 Å². The highest BCUT2D eigenvalue weighted by atomic mass is 16.5. The fraction of sp³-hybridized carbons (Fsp3) is 0.815. The molecule has 5 fully saturated rings. The Labute approximate surface area is 196 Å². The molecule has 0 spiro atoms. The number of amides is 2. The van der Waals surface area contributed by atoms with Gasteiger partial charge in [0.05, 0.1) is 12.5 Å². The first-order valence-electron chi connectivity index (χ1n) is 13.4. The number of carbonyl (C=O) groups is 3. The second-order valence-corrected chi connectivity index (χ2v) is 12.0. The fourth-order valence-electron chi connectivity index (χ4n) is 9.24. The third-order valence-electron chi connectivity index (χ3n) is 9.95. The van der Waals surface area contributed by atoms with Crippen LogP contribution >= 0.6 is 0 Å². The van der Waals surface area contributed by atoms with E-state index in [9.17, 15) is 14.4 Å². The van der Waals surface area contributed by atoms with Crippen LogP contribution in [0.2, 0.25) is 0 Å². The third-order valence-corrected chi connectivity index (χ3v) is 9.95. The van der Waals surface area contributed by atoms with E-state index in [0.717, 1.165) is 55.7 Å². The molecule has 0 unspecified atom stereocenters. The minimum absolute atomic E-state index is 0.0397. The monoisotopic (exact) mass is 454 g/mol. The molecule has 2 aliphatic heterocycles. The van der Waals surface area contributed by atoms with E-state index in [2.05, 4.69) is 5.32 Å². The van der Waals surface area contributed by atoms with Gasteiger partial charge >= 0.3 is 5.97 Å². The van der Waals surface area contributed by atoms with E-state index in [1.165, 1.54) is 44.1 Å². The first-order valence-corrected chi connectivity index (χ1v) is 13.4. The Kier molecular flexibility index (Phi) is 5.15. The van der Waals surface area contributed by atoms with Crippen molar-refractivity contribution >= 4 is 17.8 Å². The summed E-state index contributed by atoms with van der Waals surface area (Å²) < 4.78 is 5.55. The number of hydrogen-bond donors (Lipinski definition) is 1. The van der Waals surface area contributed by atoms with Crippen LogP contribution in [0, 0.1) is 34.5 Å². The topological polar surface area (TPSA) is 75.7 Å². The highest BCUT2D eigenvalue weighted by Gasteiger charge is 2.63. The summed E-state index contributed by atoms with van der Waals surface area (Å²) in [6.45, 7) is 3.50. The van der Waals surface area contributed by atoms with Gasteiger partial charge in [0, 0.05) is 25.2 Å². The molecular formula is C27H38N2O4. The second kappa shape index (κ2) is 7.84. The van der Waals surface area contributed by atoms with Gasteiger partial charge in [-0.1, -0.05) is 0 Å². The summed E-state index contributed by atoms with van der Waals surface area (Å²) >= 11 is 0. The molecule has 33 heavy (non-hydrogen) atoms. The Morgan fingerprint density at radius 3 is 2.39 bits per heavy atom. The molecule has 4 bridgehead atoms. The molecule has 4 saturated carbocycles. The average molecular weight is 455 g/mol. The maximum absolute atomic E-state index is 13.6. The zero-order chi connectivity index (χ0) is 22.8. The van der Waals surface area contributed by atoms with Gasteiger partial charge in [-0.25, -0.2) is 0 Å². The van der Waals surface area contributed by atoms with Gasteiger partial charge in [-0.05, 0) is 106 Å². The molecule has 6 heteroatoms. The second-order valence-electron chi connectivity index (χ2n) is 12.0. The van der Waals surface area contributed by atoms with E-state index in [-0.39, 0.29) is 29.6 Å². The molecule has 5 aliphatic carbocycles. The number of esters is 1. The molecular weight excluding hydrogens is 416 g/mol. The first-order chi connectivity index (χ1) is 15.9. The van der Waals surface area contributed by atoms with Crippen LogP contribution < -0.4 is 5.32 Å². The summed E-state index contributed by atoms with van der Waals surface area (Å²) in [5.41, 5.74) is 1.45. The summed E-state index contributed by atoms with van der Waals surface area (Å²) in [5, 5.41) is 3.25. The molecule has 0 aromatic heterocycles. The van der Waals surface area contributed by atoms with Gasteiger partial charge < -0.3 is 15.0 Å². The van der Waals surface area contributed by atoms with E-state index in [1.807, 2.05) is 11.8 Å². The number of nitrogens with zero attached hydrogens (tertiary/aromatic N) is 1. The van der Waals surface area contributed by atoms with Crippen molar-refractivity contribution in [2.45, 2.75) is 84.0 Å². The highest BCUT2D eigenvalue weighted by molar-refractivity contribution is 5.99. The molecule has 180 valence electrons. The molecule has 7 aliphatic rings. The molecule has 2 amide bonds. The quantitative estimate of drug-likeness (QED) is 0.617. The maximum Gasteiger partial charge on any atom is 0.318 e. The normalized spacial score (nSPS) is 40.8. The minimum atomic E-state index is -0.959. The lowest BCUT2D eigenvalue weighted by atomic mass is 9.49. The molecule has 1 N–H and O–H groups in total. The van der Waals surface area contributed by atoms with E-state index in [4.69, 9.17) is 4.74 Å². The van der Waals surface area contributed by atoms with Crippen molar-refractivity contribution in [2.24, 2.45) is 34.5 Å². The zero-order valence-electron chi connectivity index (χ0n) is 20.0. The standard InChI is InChI=1S/C27H38N2O4/c1-2-33-25(32)27-7-3-5-20-6-4-8-29(23(20)27)24(31)21(27)12-22(30)28-16-26-13-17-9-18(14-26)11-19(10-17)15-26/h17-19,21H,2-16H2,1H3,(H,28,30)/t17?,18?,19?,21-,26?,27-/m1/s1. The third kappa shape index (κ3) is 3.30. The van der Waals surface area contributed by atoms with Crippen LogP contribution in [0.1, 0.15) is 84.0 Å². The van der Waals surface area contributed by atoms with Crippen LogP contribution in [-0.4, -0.2) is 42.4 Å². The van der Waals surface area contributed by atoms with Crippen LogP contribution in [0.5, 0.6) is 0 Å². The lowest BCUT2D eigenvalue weighted by molar-refractivity contribution is -0.158. The van der Waals surface area contributed by atoms with Gasteiger partial charge in [0.2, 0.25) is 11.8 Å². The smallest absolute Gasteiger partial charge is 0.318 e. The Morgan fingerprint density at radius 2 is 1.73 bits per heavy atom. The van der Waals surface area contributed by atoms with E-state index in [1.54, 1.807) is 0 Å². The summed E-state index contributed by atoms with van der Waals surface area (Å²) in [6.07, 6.45) is 12.3. The van der Waals surface area contributed by atoms with Crippen LogP contribution in [0.25, 0.3) is 0 Å². The van der Waals surface area contributed by atoms with Gasteiger partial charge in [-0.2, -0.15) is 0 Å². The Morgan fingerprint density at radius 1 is 1.06 bits per heavy atom. The summed E-state index contributed by atoms with van der Waals surface area (Å²) in [7, 11) is 0. The molecule has 6 nitrogen and oxygen atoms in total. The van der Waals surface area contributed by atoms with Crippen LogP contribution in [0.3, 0.4) is 0 Å². The Balaban J connectivity index is 1.22. The van der Waals surface area contributed by atoms with Gasteiger partial charge in [0.1, 0.15) is 5.41 Å². The average Bonchev–Trinajstić information content (AvgIpc) is 3.03. The molecule has 0 aromatic carbocycles. The number of nitrogens with one attached hydrogen (secondary N) is 1. The molecule has 7 rings (SSSR count). The summed E-state index contributed by atoms with van der Waals surface area (Å²) in [5.74, 6) is 1.51. The highest BCUT2D eigenvalue weighted by Crippen LogP contribution is 2.60. The van der Waals surface area contributed by atoms with Gasteiger partial charge in [-0.3, -0.25) is 14.4 Å². The largest absolute Gasteiger partial charge is 0.465 e. The molecule has 2 atom stereocenters. The lowest BCUT2D eigenvalue weighted by Gasteiger charge is -2.56. The Hall–Kier alpha value is -1.85. The number of ether oxygens (including phenoxy) is 1. The van der Waals surface area contributed by atoms with Crippen molar-refractivity contribution < 1.29 is 19.1 Å². The molecule has 0 radical (unpaired) electrons. The lowest BCUT2D eigenvalue weighted by Crippen LogP contribution is -2.51. The van der Waals surface area contributed by atoms with Crippen molar-refractivity contribution in [3.63, 3.8) is 0 Å². The van der Waals surface area contributed by atoms with E-state index in [0.29, 0.717) is 19.6 Å². The van der Waals surface area contributed by atoms with Crippen molar-refractivity contribution in [3.8, 4) is 0 Å². The molecule has 2 heterocycles. The minimum Gasteiger partial charge on any atom is -0.465 e. The SMILES string of the molecule is CCOC(=O)[C@@]12CCCC3=C1N(CCC3)C(=O)[C@H]2CC(=O)NCC12CC3CC(CC(C3)C1)C2. The van der Waals surface area contributed by atoms with Gasteiger partial charge in [-0.15, -0.1) is 0 Å².